The van der Waals surface area contributed by atoms with E-state index in [0.29, 0.717) is 43.0 Å². The van der Waals surface area contributed by atoms with E-state index in [9.17, 15) is 14.0 Å². The molecule has 8 heteroatoms. The van der Waals surface area contributed by atoms with Gasteiger partial charge in [-0.05, 0) is 56.2 Å². The predicted octanol–water partition coefficient (Wildman–Crippen LogP) is 2.75. The van der Waals surface area contributed by atoms with Gasteiger partial charge in [0.05, 0.1) is 5.69 Å². The molecule has 0 unspecified atom stereocenters. The summed E-state index contributed by atoms with van der Waals surface area (Å²) in [5.41, 5.74) is 1.27. The van der Waals surface area contributed by atoms with Gasteiger partial charge < -0.3 is 10.2 Å². The van der Waals surface area contributed by atoms with Crippen LogP contribution in [0.3, 0.4) is 0 Å². The largest absolute Gasteiger partial charge is 0.349 e. The molecule has 2 amide bonds. The molecule has 2 aromatic carbocycles. The normalized spacial score (nSPS) is 14.5. The first-order valence-electron chi connectivity index (χ1n) is 9.86. The van der Waals surface area contributed by atoms with Gasteiger partial charge in [-0.2, -0.15) is 0 Å². The summed E-state index contributed by atoms with van der Waals surface area (Å²) in [6.07, 6.45) is 1.34. The first-order chi connectivity index (χ1) is 14.5. The molecule has 1 aromatic heterocycles. The number of carbonyl (C=O) groups excluding carboxylic acids is 2. The number of hydrogen-bond acceptors (Lipinski definition) is 4. The Labute approximate surface area is 173 Å². The lowest BCUT2D eigenvalue weighted by Gasteiger charge is -2.31. The van der Waals surface area contributed by atoms with Gasteiger partial charge in [0.2, 0.25) is 5.82 Å². The Morgan fingerprint density at radius 1 is 1.03 bits per heavy atom. The zero-order valence-electron chi connectivity index (χ0n) is 16.6. The lowest BCUT2D eigenvalue weighted by Crippen LogP contribution is -2.46. The van der Waals surface area contributed by atoms with Gasteiger partial charge in [0.15, 0.2) is 0 Å². The van der Waals surface area contributed by atoms with Gasteiger partial charge >= 0.3 is 0 Å². The summed E-state index contributed by atoms with van der Waals surface area (Å²) >= 11 is 0. The number of aromatic nitrogens is 3. The van der Waals surface area contributed by atoms with Crippen LogP contribution in [0.25, 0.3) is 5.69 Å². The van der Waals surface area contributed by atoms with Gasteiger partial charge in [-0.15, -0.1) is 5.10 Å². The smallest absolute Gasteiger partial charge is 0.293 e. The van der Waals surface area contributed by atoms with E-state index in [2.05, 4.69) is 15.4 Å². The number of aryl methyl sites for hydroxylation is 1. The monoisotopic (exact) mass is 407 g/mol. The van der Waals surface area contributed by atoms with Crippen LogP contribution in [0.5, 0.6) is 0 Å². The molecule has 1 N–H and O–H groups in total. The van der Waals surface area contributed by atoms with E-state index in [0.717, 1.165) is 0 Å². The van der Waals surface area contributed by atoms with Gasteiger partial charge in [0.25, 0.3) is 11.8 Å². The number of hydrogen-bond donors (Lipinski definition) is 1. The zero-order chi connectivity index (χ0) is 21.1. The van der Waals surface area contributed by atoms with Crippen LogP contribution in [0.15, 0.2) is 54.6 Å². The average molecular weight is 407 g/mol. The van der Waals surface area contributed by atoms with Crippen molar-refractivity contribution >= 4 is 11.8 Å². The lowest BCUT2D eigenvalue weighted by atomic mass is 10.0. The molecule has 30 heavy (non-hydrogen) atoms. The topological polar surface area (TPSA) is 80.1 Å². The quantitative estimate of drug-likeness (QED) is 0.721. The van der Waals surface area contributed by atoms with Crippen molar-refractivity contribution in [2.45, 2.75) is 25.8 Å². The SMILES string of the molecule is Cc1nc(C(=O)N2CCC(NC(=O)c3ccccc3)CC2)nn1-c1ccc(F)cc1. The average Bonchev–Trinajstić information content (AvgIpc) is 3.16. The van der Waals surface area contributed by atoms with Crippen molar-refractivity contribution < 1.29 is 14.0 Å². The van der Waals surface area contributed by atoms with Crippen LogP contribution in [-0.2, 0) is 0 Å². The first kappa shape index (κ1) is 19.8. The Morgan fingerprint density at radius 3 is 2.37 bits per heavy atom. The lowest BCUT2D eigenvalue weighted by molar-refractivity contribution is 0.0686. The number of rotatable bonds is 4. The maximum absolute atomic E-state index is 13.2. The molecule has 1 saturated heterocycles. The fourth-order valence-corrected chi connectivity index (χ4v) is 3.53. The minimum atomic E-state index is -0.338. The minimum absolute atomic E-state index is 0.0215. The number of benzene rings is 2. The first-order valence-corrected chi connectivity index (χ1v) is 9.86. The maximum Gasteiger partial charge on any atom is 0.293 e. The van der Waals surface area contributed by atoms with Crippen LogP contribution in [0, 0.1) is 12.7 Å². The van der Waals surface area contributed by atoms with Crippen molar-refractivity contribution in [1.82, 2.24) is 25.0 Å². The summed E-state index contributed by atoms with van der Waals surface area (Å²) in [4.78, 5) is 31.1. The minimum Gasteiger partial charge on any atom is -0.349 e. The van der Waals surface area contributed by atoms with Gasteiger partial charge in [0.1, 0.15) is 11.6 Å². The van der Waals surface area contributed by atoms with Crippen LogP contribution >= 0.6 is 0 Å². The highest BCUT2D eigenvalue weighted by Crippen LogP contribution is 2.16. The second-order valence-electron chi connectivity index (χ2n) is 7.28. The van der Waals surface area contributed by atoms with E-state index in [1.165, 1.54) is 16.8 Å². The molecule has 3 aromatic rings. The number of amides is 2. The molecule has 0 bridgehead atoms. The highest BCUT2D eigenvalue weighted by Gasteiger charge is 2.27. The summed E-state index contributed by atoms with van der Waals surface area (Å²) in [5.74, 6) is -0.0175. The second kappa shape index (κ2) is 8.44. The molecule has 1 aliphatic heterocycles. The summed E-state index contributed by atoms with van der Waals surface area (Å²) < 4.78 is 14.7. The van der Waals surface area contributed by atoms with Crippen molar-refractivity contribution in [3.63, 3.8) is 0 Å². The molecule has 154 valence electrons. The van der Waals surface area contributed by atoms with E-state index >= 15 is 0 Å². The predicted molar refractivity (Wildman–Crippen MR) is 109 cm³/mol. The van der Waals surface area contributed by atoms with Crippen LogP contribution in [-0.4, -0.2) is 50.6 Å². The molecule has 2 heterocycles. The van der Waals surface area contributed by atoms with Gasteiger partial charge in [-0.3, -0.25) is 9.59 Å². The molecule has 7 nitrogen and oxygen atoms in total. The Morgan fingerprint density at radius 2 is 1.70 bits per heavy atom. The Balaban J connectivity index is 1.37. The van der Waals surface area contributed by atoms with Crippen molar-refractivity contribution in [2.24, 2.45) is 0 Å². The number of nitrogens with zero attached hydrogens (tertiary/aromatic N) is 4. The molecule has 0 radical (unpaired) electrons. The number of carbonyl (C=O) groups is 2. The van der Waals surface area contributed by atoms with Crippen molar-refractivity contribution in [3.05, 3.63) is 77.6 Å². The van der Waals surface area contributed by atoms with E-state index in [1.807, 2.05) is 18.2 Å². The number of halogens is 1. The summed E-state index contributed by atoms with van der Waals surface area (Å²) in [6, 6.07) is 15.0. The van der Waals surface area contributed by atoms with E-state index < -0.39 is 0 Å². The Bertz CT molecular complexity index is 1040. The third kappa shape index (κ3) is 4.22. The molecule has 4 rings (SSSR count). The molecular formula is C22H22FN5O2. The fraction of sp³-hybridized carbons (Fsp3) is 0.273. The van der Waals surface area contributed by atoms with Crippen molar-refractivity contribution in [3.8, 4) is 5.69 Å². The molecule has 1 aliphatic rings. The maximum atomic E-state index is 13.2. The highest BCUT2D eigenvalue weighted by atomic mass is 19.1. The van der Waals surface area contributed by atoms with E-state index in [-0.39, 0.29) is 29.5 Å². The van der Waals surface area contributed by atoms with Crippen LogP contribution in [0.2, 0.25) is 0 Å². The van der Waals surface area contributed by atoms with Crippen LogP contribution < -0.4 is 5.32 Å². The number of nitrogens with one attached hydrogen (secondary N) is 1. The van der Waals surface area contributed by atoms with Crippen molar-refractivity contribution in [1.29, 1.82) is 0 Å². The summed E-state index contributed by atoms with van der Waals surface area (Å²) in [7, 11) is 0. The molecule has 1 fully saturated rings. The van der Waals surface area contributed by atoms with Crippen molar-refractivity contribution in [2.75, 3.05) is 13.1 Å². The zero-order valence-corrected chi connectivity index (χ0v) is 16.6. The Hall–Kier alpha value is -3.55. The summed E-state index contributed by atoms with van der Waals surface area (Å²) in [6.45, 7) is 2.78. The standard InChI is InChI=1S/C22H22FN5O2/c1-15-24-20(26-28(15)19-9-7-17(23)8-10-19)22(30)27-13-11-18(12-14-27)25-21(29)16-5-3-2-4-6-16/h2-10,18H,11-14H2,1H3,(H,25,29). The third-order valence-electron chi connectivity index (χ3n) is 5.18. The molecular weight excluding hydrogens is 385 g/mol. The number of likely N-dealkylation sites (tertiary alicyclic amines) is 1. The molecule has 0 aliphatic carbocycles. The second-order valence-corrected chi connectivity index (χ2v) is 7.28. The van der Waals surface area contributed by atoms with Gasteiger partial charge in [0, 0.05) is 24.7 Å². The Kier molecular flexibility index (Phi) is 5.56. The van der Waals surface area contributed by atoms with Crippen LogP contribution in [0.4, 0.5) is 4.39 Å². The fourth-order valence-electron chi connectivity index (χ4n) is 3.53. The highest BCUT2D eigenvalue weighted by molar-refractivity contribution is 5.94. The number of piperidine rings is 1. The van der Waals surface area contributed by atoms with E-state index in [4.69, 9.17) is 0 Å². The van der Waals surface area contributed by atoms with Gasteiger partial charge in [-0.25, -0.2) is 14.1 Å². The molecule has 0 atom stereocenters. The van der Waals surface area contributed by atoms with E-state index in [1.54, 1.807) is 36.1 Å². The summed E-state index contributed by atoms with van der Waals surface area (Å²) in [5, 5.41) is 7.34. The van der Waals surface area contributed by atoms with Crippen LogP contribution in [0.1, 0.15) is 39.6 Å². The molecule has 0 saturated carbocycles. The van der Waals surface area contributed by atoms with Gasteiger partial charge in [-0.1, -0.05) is 18.2 Å². The molecule has 0 spiro atoms. The third-order valence-corrected chi connectivity index (χ3v) is 5.18.